The zero-order valence-corrected chi connectivity index (χ0v) is 19.9. The van der Waals surface area contributed by atoms with Crippen molar-refractivity contribution in [3.8, 4) is 0 Å². The van der Waals surface area contributed by atoms with Gasteiger partial charge in [-0.15, -0.1) is 0 Å². The van der Waals surface area contributed by atoms with Crippen LogP contribution in [-0.2, 0) is 17.8 Å². The van der Waals surface area contributed by atoms with Gasteiger partial charge in [0.05, 0.1) is 11.7 Å². The summed E-state index contributed by atoms with van der Waals surface area (Å²) in [5.41, 5.74) is 4.62. The minimum absolute atomic E-state index is 0.0166. The molecule has 0 spiro atoms. The van der Waals surface area contributed by atoms with Crippen LogP contribution in [0.15, 0.2) is 30.3 Å². The Bertz CT molecular complexity index is 837. The molecule has 31 heavy (non-hydrogen) atoms. The van der Waals surface area contributed by atoms with Crippen LogP contribution in [0.1, 0.15) is 48.8 Å². The average molecular weight is 426 g/mol. The van der Waals surface area contributed by atoms with E-state index in [0.717, 1.165) is 51.4 Å². The summed E-state index contributed by atoms with van der Waals surface area (Å²) in [7, 11) is 2.17. The molecule has 1 aliphatic heterocycles. The molecule has 1 saturated heterocycles. The monoisotopic (exact) mass is 425 g/mol. The van der Waals surface area contributed by atoms with E-state index in [1.807, 2.05) is 18.2 Å². The predicted molar refractivity (Wildman–Crippen MR) is 126 cm³/mol. The molecule has 0 bridgehead atoms. The Balaban J connectivity index is 1.62. The van der Waals surface area contributed by atoms with Gasteiger partial charge < -0.3 is 10.2 Å². The van der Waals surface area contributed by atoms with Crippen molar-refractivity contribution in [3.63, 3.8) is 0 Å². The molecule has 0 aliphatic carbocycles. The van der Waals surface area contributed by atoms with Crippen LogP contribution in [0.3, 0.4) is 0 Å². The molecule has 6 nitrogen and oxygen atoms in total. The van der Waals surface area contributed by atoms with Gasteiger partial charge in [-0.3, -0.25) is 14.4 Å². The molecule has 1 unspecified atom stereocenters. The molecule has 1 aliphatic rings. The molecule has 170 valence electrons. The van der Waals surface area contributed by atoms with Crippen LogP contribution in [0, 0.1) is 19.8 Å². The maximum atomic E-state index is 12.9. The number of amides is 1. The van der Waals surface area contributed by atoms with Crippen LogP contribution in [-0.4, -0.2) is 65.3 Å². The highest BCUT2D eigenvalue weighted by atomic mass is 16.1. The fourth-order valence-electron chi connectivity index (χ4n) is 4.33. The lowest BCUT2D eigenvalue weighted by Gasteiger charge is -2.35. The largest absolute Gasteiger partial charge is 0.348 e. The molecule has 1 N–H and O–H groups in total. The van der Waals surface area contributed by atoms with Crippen LogP contribution < -0.4 is 5.32 Å². The van der Waals surface area contributed by atoms with Crippen LogP contribution in [0.2, 0.25) is 0 Å². The Labute approximate surface area is 187 Å². The normalized spacial score (nSPS) is 16.6. The van der Waals surface area contributed by atoms with Gasteiger partial charge in [-0.05, 0) is 44.4 Å². The van der Waals surface area contributed by atoms with Gasteiger partial charge in [-0.25, -0.2) is 0 Å². The SMILES string of the molecule is Cc1nn(CC(C)C)c(C)c1CCC(=O)NC(CN1CCN(C)CC1)c1ccccc1. The maximum Gasteiger partial charge on any atom is 0.220 e. The van der Waals surface area contributed by atoms with Gasteiger partial charge in [0.25, 0.3) is 0 Å². The average Bonchev–Trinajstić information content (AvgIpc) is 3.00. The van der Waals surface area contributed by atoms with Crippen molar-refractivity contribution in [1.29, 1.82) is 0 Å². The van der Waals surface area contributed by atoms with E-state index in [9.17, 15) is 4.79 Å². The van der Waals surface area contributed by atoms with Crippen molar-refractivity contribution in [2.45, 2.75) is 53.1 Å². The van der Waals surface area contributed by atoms with E-state index in [4.69, 9.17) is 5.10 Å². The van der Waals surface area contributed by atoms with E-state index in [-0.39, 0.29) is 11.9 Å². The fraction of sp³-hybridized carbons (Fsp3) is 0.600. The Kier molecular flexibility index (Phi) is 8.27. The Morgan fingerprint density at radius 3 is 2.39 bits per heavy atom. The zero-order chi connectivity index (χ0) is 22.4. The van der Waals surface area contributed by atoms with Gasteiger partial charge in [0, 0.05) is 51.4 Å². The third-order valence-corrected chi connectivity index (χ3v) is 6.25. The first-order valence-corrected chi connectivity index (χ1v) is 11.6. The lowest BCUT2D eigenvalue weighted by Crippen LogP contribution is -2.47. The topological polar surface area (TPSA) is 53.4 Å². The quantitative estimate of drug-likeness (QED) is 0.670. The molecular formula is C25H39N5O. The molecule has 3 rings (SSSR count). The fourth-order valence-corrected chi connectivity index (χ4v) is 4.33. The van der Waals surface area contributed by atoms with E-state index < -0.39 is 0 Å². The van der Waals surface area contributed by atoms with Crippen molar-refractivity contribution in [2.24, 2.45) is 5.92 Å². The first kappa shape index (κ1) is 23.5. The summed E-state index contributed by atoms with van der Waals surface area (Å²) >= 11 is 0. The van der Waals surface area contributed by atoms with Crippen molar-refractivity contribution in [2.75, 3.05) is 39.8 Å². The first-order chi connectivity index (χ1) is 14.8. The summed E-state index contributed by atoms with van der Waals surface area (Å²) in [5.74, 6) is 0.661. The second kappa shape index (κ2) is 10.9. The minimum Gasteiger partial charge on any atom is -0.348 e. The number of nitrogens with zero attached hydrogens (tertiary/aromatic N) is 4. The third-order valence-electron chi connectivity index (χ3n) is 6.25. The number of rotatable bonds is 9. The molecule has 2 aromatic rings. The van der Waals surface area contributed by atoms with Gasteiger partial charge >= 0.3 is 0 Å². The van der Waals surface area contributed by atoms with E-state index in [2.05, 4.69) is 66.7 Å². The highest BCUT2D eigenvalue weighted by Gasteiger charge is 2.22. The van der Waals surface area contributed by atoms with Gasteiger partial charge in [-0.1, -0.05) is 44.2 Å². The molecule has 1 amide bonds. The first-order valence-electron chi connectivity index (χ1n) is 11.6. The van der Waals surface area contributed by atoms with E-state index in [1.165, 1.54) is 16.8 Å². The zero-order valence-electron chi connectivity index (χ0n) is 19.9. The number of likely N-dealkylation sites (N-methyl/N-ethyl adjacent to an activating group) is 1. The number of aryl methyl sites for hydroxylation is 1. The Morgan fingerprint density at radius 1 is 1.06 bits per heavy atom. The molecule has 2 heterocycles. The van der Waals surface area contributed by atoms with Crippen molar-refractivity contribution in [3.05, 3.63) is 52.8 Å². The summed E-state index contributed by atoms with van der Waals surface area (Å²) in [5, 5.41) is 8.01. The highest BCUT2D eigenvalue weighted by Crippen LogP contribution is 2.19. The second-order valence-electron chi connectivity index (χ2n) is 9.36. The summed E-state index contributed by atoms with van der Waals surface area (Å²) < 4.78 is 2.09. The van der Waals surface area contributed by atoms with Gasteiger partial charge in [0.1, 0.15) is 0 Å². The maximum absolute atomic E-state index is 12.9. The molecule has 1 aromatic carbocycles. The highest BCUT2D eigenvalue weighted by molar-refractivity contribution is 5.76. The van der Waals surface area contributed by atoms with Crippen molar-refractivity contribution < 1.29 is 4.79 Å². The number of carbonyl (C=O) groups excluding carboxylic acids is 1. The third kappa shape index (κ3) is 6.65. The Hall–Kier alpha value is -2.18. The number of aromatic nitrogens is 2. The summed E-state index contributed by atoms with van der Waals surface area (Å²) in [6, 6.07) is 10.4. The molecule has 1 aromatic heterocycles. The predicted octanol–water partition coefficient (Wildman–Crippen LogP) is 3.19. The lowest BCUT2D eigenvalue weighted by molar-refractivity contribution is -0.122. The molecular weight excluding hydrogens is 386 g/mol. The van der Waals surface area contributed by atoms with Crippen LogP contribution >= 0.6 is 0 Å². The molecule has 0 radical (unpaired) electrons. The van der Waals surface area contributed by atoms with Gasteiger partial charge in [0.2, 0.25) is 5.91 Å². The summed E-state index contributed by atoms with van der Waals surface area (Å²) in [6.45, 7) is 14.6. The summed E-state index contributed by atoms with van der Waals surface area (Å²) in [6.07, 6.45) is 1.22. The van der Waals surface area contributed by atoms with E-state index >= 15 is 0 Å². The van der Waals surface area contributed by atoms with Crippen molar-refractivity contribution in [1.82, 2.24) is 24.9 Å². The summed E-state index contributed by atoms with van der Waals surface area (Å²) in [4.78, 5) is 17.8. The van der Waals surface area contributed by atoms with E-state index in [1.54, 1.807) is 0 Å². The number of piperazine rings is 1. The standard InChI is InChI=1S/C25H39N5O/c1-19(2)17-30-21(4)23(20(3)27-30)11-12-25(31)26-24(22-9-7-6-8-10-22)18-29-15-13-28(5)14-16-29/h6-10,19,24H,11-18H2,1-5H3,(H,26,31). The number of hydrogen-bond donors (Lipinski definition) is 1. The number of benzene rings is 1. The number of hydrogen-bond acceptors (Lipinski definition) is 4. The minimum atomic E-state index is 0.0166. The molecule has 1 fully saturated rings. The second-order valence-corrected chi connectivity index (χ2v) is 9.36. The lowest BCUT2D eigenvalue weighted by atomic mass is 10.0. The van der Waals surface area contributed by atoms with Crippen LogP contribution in [0.4, 0.5) is 0 Å². The van der Waals surface area contributed by atoms with Gasteiger partial charge in [0.15, 0.2) is 0 Å². The Morgan fingerprint density at radius 2 is 1.74 bits per heavy atom. The molecule has 6 heteroatoms. The smallest absolute Gasteiger partial charge is 0.220 e. The number of carbonyl (C=O) groups is 1. The molecule has 1 atom stereocenters. The van der Waals surface area contributed by atoms with E-state index in [0.29, 0.717) is 12.3 Å². The molecule has 0 saturated carbocycles. The number of nitrogens with one attached hydrogen (secondary N) is 1. The van der Waals surface area contributed by atoms with Gasteiger partial charge in [-0.2, -0.15) is 5.10 Å². The van der Waals surface area contributed by atoms with Crippen LogP contribution in [0.5, 0.6) is 0 Å². The van der Waals surface area contributed by atoms with Crippen molar-refractivity contribution >= 4 is 5.91 Å². The van der Waals surface area contributed by atoms with Crippen LogP contribution in [0.25, 0.3) is 0 Å².